The fourth-order valence-corrected chi connectivity index (χ4v) is 0.885. The molecule has 0 amide bonds. The van der Waals surface area contributed by atoms with E-state index in [4.69, 9.17) is 0 Å². The maximum Gasteiger partial charge on any atom is 0.390 e. The Hall–Kier alpha value is -1.03. The molecule has 1 nitrogen and oxygen atoms in total. The van der Waals surface area contributed by atoms with Gasteiger partial charge in [0, 0.05) is 6.54 Å². The monoisotopic (exact) mass is 233 g/mol. The molecule has 0 bridgehead atoms. The molecule has 0 spiro atoms. The molecule has 4 heteroatoms. The van der Waals surface area contributed by atoms with Crippen LogP contribution in [0.2, 0.25) is 0 Å². The highest BCUT2D eigenvalue weighted by Crippen LogP contribution is 2.18. The lowest BCUT2D eigenvalue weighted by Crippen LogP contribution is -2.20. The Labute approximate surface area is 94.9 Å². The Balaban J connectivity index is 0.000000288. The lowest BCUT2D eigenvalue weighted by Gasteiger charge is -2.10. The van der Waals surface area contributed by atoms with Crippen LogP contribution in [0.15, 0.2) is 30.3 Å². The molecule has 0 aliphatic rings. The lowest BCUT2D eigenvalue weighted by molar-refractivity contribution is -0.136. The first-order chi connectivity index (χ1) is 7.31. The summed E-state index contributed by atoms with van der Waals surface area (Å²) in [5.74, 6) is 0. The maximum absolute atomic E-state index is 11.4. The summed E-state index contributed by atoms with van der Waals surface area (Å²) in [6, 6.07) is 10.3. The van der Waals surface area contributed by atoms with Crippen molar-refractivity contribution in [2.24, 2.45) is 0 Å². The molecule has 0 aliphatic heterocycles. The van der Waals surface area contributed by atoms with Gasteiger partial charge in [-0.1, -0.05) is 35.9 Å². The van der Waals surface area contributed by atoms with Crippen LogP contribution >= 0.6 is 0 Å². The van der Waals surface area contributed by atoms with E-state index in [1.807, 2.05) is 18.2 Å². The molecule has 0 radical (unpaired) electrons. The molecule has 0 unspecified atom stereocenters. The molecule has 0 saturated heterocycles. The SMILES string of the molecule is CN(C)CCC(F)(F)F.Cc1ccccc1. The first-order valence-corrected chi connectivity index (χ1v) is 5.04. The molecule has 0 aromatic heterocycles. The van der Waals surface area contributed by atoms with Gasteiger partial charge in [-0.2, -0.15) is 13.2 Å². The van der Waals surface area contributed by atoms with Crippen molar-refractivity contribution in [2.75, 3.05) is 20.6 Å². The van der Waals surface area contributed by atoms with Gasteiger partial charge in [-0.3, -0.25) is 0 Å². The molecule has 0 atom stereocenters. The van der Waals surface area contributed by atoms with Gasteiger partial charge in [0.05, 0.1) is 6.42 Å². The zero-order valence-electron chi connectivity index (χ0n) is 9.88. The summed E-state index contributed by atoms with van der Waals surface area (Å²) in [6.07, 6.45) is -4.73. The molecule has 0 heterocycles. The van der Waals surface area contributed by atoms with E-state index in [0.717, 1.165) is 0 Å². The summed E-state index contributed by atoms with van der Waals surface area (Å²) >= 11 is 0. The summed E-state index contributed by atoms with van der Waals surface area (Å²) in [7, 11) is 3.23. The zero-order valence-corrected chi connectivity index (χ0v) is 9.88. The minimum Gasteiger partial charge on any atom is -0.309 e. The quantitative estimate of drug-likeness (QED) is 0.755. The number of nitrogens with zero attached hydrogens (tertiary/aromatic N) is 1. The van der Waals surface area contributed by atoms with E-state index in [-0.39, 0.29) is 6.54 Å². The number of halogens is 3. The first kappa shape index (κ1) is 15.0. The van der Waals surface area contributed by atoms with Crippen molar-refractivity contribution in [3.8, 4) is 0 Å². The van der Waals surface area contributed by atoms with Gasteiger partial charge >= 0.3 is 6.18 Å². The van der Waals surface area contributed by atoms with Gasteiger partial charge in [0.1, 0.15) is 0 Å². The third-order valence-electron chi connectivity index (χ3n) is 1.78. The van der Waals surface area contributed by atoms with Crippen LogP contribution in [-0.2, 0) is 0 Å². The minimum absolute atomic E-state index is 0.0729. The zero-order chi connectivity index (χ0) is 12.6. The Kier molecular flexibility index (Phi) is 6.81. The predicted octanol–water partition coefficient (Wildman–Crippen LogP) is 3.50. The molecular weight excluding hydrogens is 215 g/mol. The summed E-state index contributed by atoms with van der Waals surface area (Å²) in [6.45, 7) is 2.16. The fraction of sp³-hybridized carbons (Fsp3) is 0.500. The highest BCUT2D eigenvalue weighted by molar-refractivity contribution is 5.11. The molecule has 1 aromatic carbocycles. The topological polar surface area (TPSA) is 3.24 Å². The molecule has 16 heavy (non-hydrogen) atoms. The van der Waals surface area contributed by atoms with Gasteiger partial charge in [-0.15, -0.1) is 0 Å². The van der Waals surface area contributed by atoms with Crippen LogP contribution in [0.25, 0.3) is 0 Å². The Morgan fingerprint density at radius 1 is 1.06 bits per heavy atom. The molecular formula is C12H18F3N. The van der Waals surface area contributed by atoms with E-state index >= 15 is 0 Å². The second-order valence-corrected chi connectivity index (χ2v) is 3.82. The van der Waals surface area contributed by atoms with Crippen LogP contribution in [0.4, 0.5) is 13.2 Å². The maximum atomic E-state index is 11.4. The summed E-state index contributed by atoms with van der Waals surface area (Å²) in [4.78, 5) is 1.51. The molecule has 0 N–H and O–H groups in total. The van der Waals surface area contributed by atoms with Crippen LogP contribution in [0, 0.1) is 6.92 Å². The van der Waals surface area contributed by atoms with Gasteiger partial charge in [-0.25, -0.2) is 0 Å². The largest absolute Gasteiger partial charge is 0.390 e. The number of alkyl halides is 3. The standard InChI is InChI=1S/C7H8.C5H10F3N/c1-7-5-3-2-4-6-7;1-9(2)4-3-5(6,7)8/h2-6H,1H3;3-4H2,1-2H3. The predicted molar refractivity (Wildman–Crippen MR) is 60.4 cm³/mol. The van der Waals surface area contributed by atoms with E-state index in [2.05, 4.69) is 19.1 Å². The average Bonchev–Trinajstić information content (AvgIpc) is 2.16. The highest BCUT2D eigenvalue weighted by atomic mass is 19.4. The highest BCUT2D eigenvalue weighted by Gasteiger charge is 2.26. The Bertz CT molecular complexity index is 267. The second-order valence-electron chi connectivity index (χ2n) is 3.82. The number of benzene rings is 1. The summed E-state index contributed by atoms with van der Waals surface area (Å²) in [5.41, 5.74) is 1.32. The van der Waals surface area contributed by atoms with Crippen LogP contribution in [0.5, 0.6) is 0 Å². The Morgan fingerprint density at radius 3 is 1.75 bits per heavy atom. The van der Waals surface area contributed by atoms with Crippen molar-refractivity contribution in [1.82, 2.24) is 4.90 Å². The number of hydrogen-bond donors (Lipinski definition) is 0. The molecule has 0 saturated carbocycles. The number of hydrogen-bond acceptors (Lipinski definition) is 1. The number of aryl methyl sites for hydroxylation is 1. The van der Waals surface area contributed by atoms with E-state index in [0.29, 0.717) is 0 Å². The molecule has 92 valence electrons. The van der Waals surface area contributed by atoms with Crippen LogP contribution in [0.3, 0.4) is 0 Å². The normalized spacial score (nSPS) is 10.9. The van der Waals surface area contributed by atoms with Crippen LogP contribution in [0.1, 0.15) is 12.0 Å². The fourth-order valence-electron chi connectivity index (χ4n) is 0.885. The molecule has 1 rings (SSSR count). The van der Waals surface area contributed by atoms with Crippen LogP contribution < -0.4 is 0 Å². The summed E-state index contributed by atoms with van der Waals surface area (Å²) in [5, 5.41) is 0. The van der Waals surface area contributed by atoms with Gasteiger partial charge in [0.2, 0.25) is 0 Å². The lowest BCUT2D eigenvalue weighted by atomic mass is 10.2. The first-order valence-electron chi connectivity index (χ1n) is 5.04. The second kappa shape index (κ2) is 7.28. The molecule has 0 fully saturated rings. The van der Waals surface area contributed by atoms with Gasteiger partial charge in [-0.05, 0) is 21.0 Å². The Morgan fingerprint density at radius 2 is 1.56 bits per heavy atom. The van der Waals surface area contributed by atoms with Crippen molar-refractivity contribution < 1.29 is 13.2 Å². The van der Waals surface area contributed by atoms with Crippen molar-refractivity contribution in [3.63, 3.8) is 0 Å². The van der Waals surface area contributed by atoms with E-state index in [9.17, 15) is 13.2 Å². The van der Waals surface area contributed by atoms with Gasteiger partial charge in [0.25, 0.3) is 0 Å². The molecule has 1 aromatic rings. The van der Waals surface area contributed by atoms with Crippen molar-refractivity contribution in [3.05, 3.63) is 35.9 Å². The van der Waals surface area contributed by atoms with E-state index in [1.165, 1.54) is 10.5 Å². The van der Waals surface area contributed by atoms with Crippen molar-refractivity contribution in [1.29, 1.82) is 0 Å². The smallest absolute Gasteiger partial charge is 0.309 e. The third-order valence-corrected chi connectivity index (χ3v) is 1.78. The average molecular weight is 233 g/mol. The van der Waals surface area contributed by atoms with E-state index in [1.54, 1.807) is 14.1 Å². The van der Waals surface area contributed by atoms with Crippen molar-refractivity contribution >= 4 is 0 Å². The van der Waals surface area contributed by atoms with E-state index < -0.39 is 12.6 Å². The number of rotatable bonds is 2. The molecule has 0 aliphatic carbocycles. The van der Waals surface area contributed by atoms with Gasteiger partial charge < -0.3 is 4.90 Å². The van der Waals surface area contributed by atoms with Gasteiger partial charge in [0.15, 0.2) is 0 Å². The van der Waals surface area contributed by atoms with Crippen molar-refractivity contribution in [2.45, 2.75) is 19.5 Å². The minimum atomic E-state index is -4.01. The van der Waals surface area contributed by atoms with Crippen LogP contribution in [-0.4, -0.2) is 31.7 Å². The third kappa shape index (κ3) is 11.0. The summed E-state index contributed by atoms with van der Waals surface area (Å²) < 4.78 is 34.2.